The van der Waals surface area contributed by atoms with E-state index < -0.39 is 10.2 Å². The average molecular weight is 278 g/mol. The molecule has 0 aliphatic rings. The van der Waals surface area contributed by atoms with E-state index >= 15 is 0 Å². The summed E-state index contributed by atoms with van der Waals surface area (Å²) in [5.74, 6) is -0.0209. The van der Waals surface area contributed by atoms with Crippen LogP contribution in [0.3, 0.4) is 0 Å². The predicted molar refractivity (Wildman–Crippen MR) is 59.9 cm³/mol. The van der Waals surface area contributed by atoms with Gasteiger partial charge in [0.15, 0.2) is 0 Å². The first kappa shape index (κ1) is 12.1. The SMILES string of the molecule is [O-][Cl+3]([O-])([O-])Oc1cccc2nc3ccccc3cc12. The molecule has 1 heterocycles. The second-order valence-electron chi connectivity index (χ2n) is 3.96. The van der Waals surface area contributed by atoms with Crippen LogP contribution in [0, 0.1) is 10.2 Å². The Bertz CT molecular complexity index is 754. The number of halogens is 1. The van der Waals surface area contributed by atoms with E-state index in [4.69, 9.17) is 0 Å². The van der Waals surface area contributed by atoms with E-state index in [0.717, 1.165) is 10.9 Å². The fraction of sp³-hybridized carbons (Fsp3) is 0. The first-order valence-electron chi connectivity index (χ1n) is 5.42. The molecule has 2 aromatic carbocycles. The summed E-state index contributed by atoms with van der Waals surface area (Å²) in [6.07, 6.45) is 0. The van der Waals surface area contributed by atoms with Gasteiger partial charge in [0.05, 0.1) is 16.4 Å². The minimum atomic E-state index is -4.52. The molecule has 0 radical (unpaired) electrons. The first-order chi connectivity index (χ1) is 9.03. The molecule has 96 valence electrons. The van der Waals surface area contributed by atoms with Crippen molar-refractivity contribution in [3.63, 3.8) is 0 Å². The van der Waals surface area contributed by atoms with Crippen molar-refractivity contribution >= 4 is 21.8 Å². The fourth-order valence-corrected chi connectivity index (χ4v) is 2.28. The summed E-state index contributed by atoms with van der Waals surface area (Å²) in [5.41, 5.74) is 1.35. The highest BCUT2D eigenvalue weighted by Gasteiger charge is 2.22. The van der Waals surface area contributed by atoms with E-state index in [1.165, 1.54) is 6.07 Å². The molecule has 5 nitrogen and oxygen atoms in total. The molecule has 3 aromatic rings. The zero-order valence-corrected chi connectivity index (χ0v) is 10.3. The zero-order valence-electron chi connectivity index (χ0n) is 9.58. The molecule has 0 aliphatic carbocycles. The lowest BCUT2D eigenvalue weighted by molar-refractivity contribution is -1.91. The largest absolute Gasteiger partial charge is 0.297 e. The molecule has 19 heavy (non-hydrogen) atoms. The molecular weight excluding hydrogens is 270 g/mol. The number of rotatable bonds is 2. The summed E-state index contributed by atoms with van der Waals surface area (Å²) < 4.78 is 36.5. The van der Waals surface area contributed by atoms with Gasteiger partial charge >= 0.3 is 0 Å². The molecule has 0 amide bonds. The van der Waals surface area contributed by atoms with Crippen molar-refractivity contribution in [3.05, 3.63) is 48.5 Å². The van der Waals surface area contributed by atoms with Gasteiger partial charge in [-0.25, -0.2) is 4.98 Å². The summed E-state index contributed by atoms with van der Waals surface area (Å²) in [5, 5.41) is 1.32. The molecule has 0 bridgehead atoms. The van der Waals surface area contributed by atoms with E-state index in [1.807, 2.05) is 24.3 Å². The second-order valence-corrected chi connectivity index (χ2v) is 4.87. The van der Waals surface area contributed by atoms with Crippen molar-refractivity contribution in [3.8, 4) is 5.75 Å². The van der Waals surface area contributed by atoms with E-state index in [0.29, 0.717) is 10.9 Å². The van der Waals surface area contributed by atoms with Crippen molar-refractivity contribution < 1.29 is 28.5 Å². The Morgan fingerprint density at radius 3 is 2.42 bits per heavy atom. The van der Waals surface area contributed by atoms with E-state index in [9.17, 15) is 14.0 Å². The second kappa shape index (κ2) is 4.32. The summed E-state index contributed by atoms with van der Waals surface area (Å²) in [6.45, 7) is 0. The minimum absolute atomic E-state index is 0.0209. The van der Waals surface area contributed by atoms with Gasteiger partial charge in [-0.3, -0.25) is 0 Å². The Morgan fingerprint density at radius 1 is 0.895 bits per heavy atom. The van der Waals surface area contributed by atoms with Gasteiger partial charge in [0, 0.05) is 5.39 Å². The topological polar surface area (TPSA) is 91.3 Å². The number of para-hydroxylation sites is 1. The minimum Gasteiger partial charge on any atom is -0.248 e. The van der Waals surface area contributed by atoms with Gasteiger partial charge in [-0.05, 0) is 24.3 Å². The van der Waals surface area contributed by atoms with Crippen LogP contribution in [0.25, 0.3) is 21.8 Å². The lowest BCUT2D eigenvalue weighted by atomic mass is 10.1. The molecule has 0 saturated heterocycles. The van der Waals surface area contributed by atoms with E-state index in [1.54, 1.807) is 18.2 Å². The number of benzene rings is 2. The highest BCUT2D eigenvalue weighted by atomic mass is 35.7. The maximum Gasteiger partial charge on any atom is 0.297 e. The zero-order chi connectivity index (χ0) is 13.5. The highest BCUT2D eigenvalue weighted by molar-refractivity contribution is 5.95. The Hall–Kier alpha value is -1.92. The monoisotopic (exact) mass is 277 g/mol. The molecular formula is C13H8ClNO4. The van der Waals surface area contributed by atoms with Crippen LogP contribution in [0.1, 0.15) is 0 Å². The van der Waals surface area contributed by atoms with Crippen molar-refractivity contribution in [1.29, 1.82) is 0 Å². The van der Waals surface area contributed by atoms with Crippen LogP contribution >= 0.6 is 0 Å². The van der Waals surface area contributed by atoms with Gasteiger partial charge in [-0.1, -0.05) is 28.6 Å². The molecule has 0 unspecified atom stereocenters. The Kier molecular flexibility index (Phi) is 2.76. The Balaban J connectivity index is 2.26. The number of pyridine rings is 1. The molecule has 0 N–H and O–H groups in total. The standard InChI is InChI=1S/C13H8ClNO4/c16-14(17,18)19-13-7-3-6-12-10(13)8-9-4-1-2-5-11(9)15-12/h1-8H. The maximum absolute atomic E-state index is 10.7. The molecule has 0 aliphatic heterocycles. The van der Waals surface area contributed by atoms with Crippen LogP contribution in [-0.4, -0.2) is 4.98 Å². The fourth-order valence-electron chi connectivity index (χ4n) is 1.94. The van der Waals surface area contributed by atoms with Gasteiger partial charge in [0.25, 0.3) is 5.75 Å². The highest BCUT2D eigenvalue weighted by Crippen LogP contribution is 2.28. The van der Waals surface area contributed by atoms with Crippen molar-refractivity contribution in [2.75, 3.05) is 0 Å². The Morgan fingerprint density at radius 2 is 1.63 bits per heavy atom. The maximum atomic E-state index is 10.7. The third-order valence-electron chi connectivity index (χ3n) is 2.70. The Labute approximate surface area is 110 Å². The first-order valence-corrected chi connectivity index (χ1v) is 6.65. The summed E-state index contributed by atoms with van der Waals surface area (Å²) in [7, 11) is -4.52. The molecule has 0 spiro atoms. The van der Waals surface area contributed by atoms with E-state index in [-0.39, 0.29) is 5.75 Å². The van der Waals surface area contributed by atoms with E-state index in [2.05, 4.69) is 9.27 Å². The third-order valence-corrected chi connectivity index (χ3v) is 3.05. The van der Waals surface area contributed by atoms with Crippen molar-refractivity contribution in [1.82, 2.24) is 4.98 Å². The van der Waals surface area contributed by atoms with Crippen LogP contribution in [-0.2, 0) is 0 Å². The van der Waals surface area contributed by atoms with Crippen LogP contribution in [0.2, 0.25) is 0 Å². The number of hydrogen-bond donors (Lipinski definition) is 0. The molecule has 3 rings (SSSR count). The van der Waals surface area contributed by atoms with Gasteiger partial charge in [-0.2, -0.15) is 14.0 Å². The number of fused-ring (bicyclic) bond motifs is 2. The summed E-state index contributed by atoms with van der Waals surface area (Å²) >= 11 is 0. The average Bonchev–Trinajstić information content (AvgIpc) is 2.35. The quantitative estimate of drug-likeness (QED) is 0.598. The van der Waals surface area contributed by atoms with Crippen LogP contribution < -0.4 is 18.3 Å². The van der Waals surface area contributed by atoms with Gasteiger partial charge < -0.3 is 0 Å². The van der Waals surface area contributed by atoms with Crippen LogP contribution in [0.15, 0.2) is 48.5 Å². The normalized spacial score (nSPS) is 11.9. The van der Waals surface area contributed by atoms with Crippen LogP contribution in [0.5, 0.6) is 5.75 Å². The molecule has 0 atom stereocenters. The van der Waals surface area contributed by atoms with Gasteiger partial charge in [0.2, 0.25) is 0 Å². The summed E-state index contributed by atoms with van der Waals surface area (Å²) in [6, 6.07) is 13.9. The van der Waals surface area contributed by atoms with Crippen molar-refractivity contribution in [2.24, 2.45) is 0 Å². The summed E-state index contributed by atoms with van der Waals surface area (Å²) in [4.78, 5) is 4.39. The smallest absolute Gasteiger partial charge is 0.248 e. The van der Waals surface area contributed by atoms with Gasteiger partial charge in [0.1, 0.15) is 10.2 Å². The molecule has 0 fully saturated rings. The number of aromatic nitrogens is 1. The number of nitrogens with zero attached hydrogens (tertiary/aromatic N) is 1. The lowest BCUT2D eigenvalue weighted by Crippen LogP contribution is -2.63. The van der Waals surface area contributed by atoms with Crippen LogP contribution in [0.4, 0.5) is 0 Å². The molecule has 1 aromatic heterocycles. The third kappa shape index (κ3) is 2.45. The van der Waals surface area contributed by atoms with Crippen molar-refractivity contribution in [2.45, 2.75) is 0 Å². The molecule has 0 saturated carbocycles. The predicted octanol–water partition coefficient (Wildman–Crippen LogP) is -0.336. The number of hydrogen-bond acceptors (Lipinski definition) is 5. The lowest BCUT2D eigenvalue weighted by Gasteiger charge is -2.13. The van der Waals surface area contributed by atoms with Gasteiger partial charge in [-0.15, -0.1) is 0 Å². The molecule has 6 heteroatoms.